The first kappa shape index (κ1) is 13.2. The summed E-state index contributed by atoms with van der Waals surface area (Å²) in [7, 11) is 0. The van der Waals surface area contributed by atoms with Crippen molar-refractivity contribution >= 4 is 0 Å². The summed E-state index contributed by atoms with van der Waals surface area (Å²) in [4.78, 5) is 0. The van der Waals surface area contributed by atoms with E-state index in [9.17, 15) is 0 Å². The molecule has 0 aromatic heterocycles. The summed E-state index contributed by atoms with van der Waals surface area (Å²) in [6.45, 7) is 3.54. The van der Waals surface area contributed by atoms with Gasteiger partial charge in [0.15, 0.2) is 0 Å². The smallest absolute Gasteiger partial charge is 0.0434 e. The number of nitrogens with one attached hydrogen (secondary N) is 1. The molecule has 2 fully saturated rings. The van der Waals surface area contributed by atoms with E-state index in [1.165, 1.54) is 57.9 Å². The fourth-order valence-electron chi connectivity index (χ4n) is 3.87. The molecule has 1 aliphatic carbocycles. The van der Waals surface area contributed by atoms with E-state index in [0.717, 1.165) is 5.92 Å². The summed E-state index contributed by atoms with van der Waals surface area (Å²) >= 11 is 0. The van der Waals surface area contributed by atoms with Gasteiger partial charge in [-0.3, -0.25) is 0 Å². The van der Waals surface area contributed by atoms with Crippen LogP contribution in [0.5, 0.6) is 0 Å². The molecule has 2 aliphatic rings. The van der Waals surface area contributed by atoms with Gasteiger partial charge in [0.2, 0.25) is 0 Å². The van der Waals surface area contributed by atoms with Crippen molar-refractivity contribution in [3.8, 4) is 0 Å². The van der Waals surface area contributed by atoms with Crippen molar-refractivity contribution in [3.05, 3.63) is 35.4 Å². The molecule has 1 saturated heterocycles. The number of hydrogen-bond donors (Lipinski definition) is 1. The Bertz CT molecular complexity index is 411. The Labute approximate surface area is 117 Å². The fraction of sp³-hybridized carbons (Fsp3) is 0.667. The van der Waals surface area contributed by atoms with Crippen molar-refractivity contribution in [2.75, 3.05) is 6.54 Å². The molecule has 1 aliphatic heterocycles. The maximum Gasteiger partial charge on any atom is 0.0434 e. The van der Waals surface area contributed by atoms with Gasteiger partial charge in [-0.15, -0.1) is 0 Å². The number of benzene rings is 1. The van der Waals surface area contributed by atoms with E-state index in [4.69, 9.17) is 0 Å². The van der Waals surface area contributed by atoms with E-state index in [2.05, 4.69) is 36.5 Å². The molecule has 1 saturated carbocycles. The molecular weight excluding hydrogens is 230 g/mol. The maximum atomic E-state index is 3.90. The summed E-state index contributed by atoms with van der Waals surface area (Å²) in [6, 6.07) is 9.26. The standard InChI is InChI=1S/C18H27N/c1-2-18(13-6-3-7-14-19-18)17-12-5-4-11-16(17)15-9-8-10-15/h4-5,11-12,15,19H,2-3,6-10,13-14H2,1H3. The summed E-state index contributed by atoms with van der Waals surface area (Å²) in [6.07, 6.45) is 10.9. The second kappa shape index (κ2) is 5.66. The third-order valence-electron chi connectivity index (χ3n) is 5.37. The monoisotopic (exact) mass is 257 g/mol. The molecule has 0 radical (unpaired) electrons. The van der Waals surface area contributed by atoms with E-state index < -0.39 is 0 Å². The Hall–Kier alpha value is -0.820. The molecule has 1 heterocycles. The molecule has 3 rings (SSSR count). The van der Waals surface area contributed by atoms with E-state index in [-0.39, 0.29) is 5.54 Å². The predicted molar refractivity (Wildman–Crippen MR) is 81.5 cm³/mol. The van der Waals surface area contributed by atoms with Crippen molar-refractivity contribution in [1.29, 1.82) is 0 Å². The lowest BCUT2D eigenvalue weighted by molar-refractivity contribution is 0.303. The number of hydrogen-bond acceptors (Lipinski definition) is 1. The van der Waals surface area contributed by atoms with Crippen LogP contribution in [0.25, 0.3) is 0 Å². The summed E-state index contributed by atoms with van der Waals surface area (Å²) in [5.41, 5.74) is 3.51. The number of rotatable bonds is 3. The van der Waals surface area contributed by atoms with Gasteiger partial charge in [-0.25, -0.2) is 0 Å². The van der Waals surface area contributed by atoms with Crippen molar-refractivity contribution in [2.45, 2.75) is 69.7 Å². The highest BCUT2D eigenvalue weighted by molar-refractivity contribution is 5.37. The molecule has 1 unspecified atom stereocenters. The third kappa shape index (κ3) is 2.45. The van der Waals surface area contributed by atoms with Gasteiger partial charge < -0.3 is 5.32 Å². The Morgan fingerprint density at radius 1 is 1.11 bits per heavy atom. The highest BCUT2D eigenvalue weighted by atomic mass is 15.0. The van der Waals surface area contributed by atoms with Gasteiger partial charge in [-0.1, -0.05) is 50.5 Å². The van der Waals surface area contributed by atoms with Gasteiger partial charge in [0.1, 0.15) is 0 Å². The lowest BCUT2D eigenvalue weighted by atomic mass is 9.72. The SMILES string of the molecule is CCC1(c2ccccc2C2CCC2)CCCCCN1. The second-order valence-corrected chi connectivity index (χ2v) is 6.39. The van der Waals surface area contributed by atoms with Gasteiger partial charge in [0.05, 0.1) is 0 Å². The second-order valence-electron chi connectivity index (χ2n) is 6.39. The van der Waals surface area contributed by atoms with Crippen LogP contribution < -0.4 is 5.32 Å². The average Bonchev–Trinajstić information content (AvgIpc) is 2.64. The maximum absolute atomic E-state index is 3.90. The van der Waals surface area contributed by atoms with Gasteiger partial charge in [-0.05, 0) is 55.7 Å². The molecule has 1 aromatic carbocycles. The highest BCUT2D eigenvalue weighted by Crippen LogP contribution is 2.43. The van der Waals surface area contributed by atoms with E-state index in [1.54, 1.807) is 11.1 Å². The van der Waals surface area contributed by atoms with Crippen LogP contribution in [0.1, 0.15) is 75.3 Å². The van der Waals surface area contributed by atoms with E-state index >= 15 is 0 Å². The van der Waals surface area contributed by atoms with Gasteiger partial charge in [0.25, 0.3) is 0 Å². The summed E-state index contributed by atoms with van der Waals surface area (Å²) < 4.78 is 0. The van der Waals surface area contributed by atoms with Crippen LogP contribution in [-0.2, 0) is 5.54 Å². The molecule has 0 bridgehead atoms. The first-order valence-corrected chi connectivity index (χ1v) is 8.20. The van der Waals surface area contributed by atoms with Crippen molar-refractivity contribution < 1.29 is 0 Å². The minimum atomic E-state index is 0.253. The first-order chi connectivity index (χ1) is 9.36. The van der Waals surface area contributed by atoms with Crippen molar-refractivity contribution in [2.24, 2.45) is 0 Å². The largest absolute Gasteiger partial charge is 0.307 e. The van der Waals surface area contributed by atoms with Crippen molar-refractivity contribution in [1.82, 2.24) is 5.32 Å². The van der Waals surface area contributed by atoms with Crippen LogP contribution >= 0.6 is 0 Å². The third-order valence-corrected chi connectivity index (χ3v) is 5.37. The summed E-state index contributed by atoms with van der Waals surface area (Å²) in [5, 5.41) is 3.90. The Balaban J connectivity index is 1.97. The molecule has 1 aromatic rings. The minimum Gasteiger partial charge on any atom is -0.307 e. The van der Waals surface area contributed by atoms with E-state index in [0.29, 0.717) is 0 Å². The molecule has 0 spiro atoms. The topological polar surface area (TPSA) is 12.0 Å². The van der Waals surface area contributed by atoms with Crippen LogP contribution in [-0.4, -0.2) is 6.54 Å². The molecular formula is C18H27N. The fourth-order valence-corrected chi connectivity index (χ4v) is 3.87. The average molecular weight is 257 g/mol. The Morgan fingerprint density at radius 2 is 1.95 bits per heavy atom. The van der Waals surface area contributed by atoms with Crippen LogP contribution in [0.15, 0.2) is 24.3 Å². The van der Waals surface area contributed by atoms with Crippen LogP contribution in [0.4, 0.5) is 0 Å². The van der Waals surface area contributed by atoms with Crippen LogP contribution in [0, 0.1) is 0 Å². The molecule has 1 N–H and O–H groups in total. The zero-order valence-corrected chi connectivity index (χ0v) is 12.3. The first-order valence-electron chi connectivity index (χ1n) is 8.20. The molecule has 1 nitrogen and oxygen atoms in total. The molecule has 0 amide bonds. The predicted octanol–water partition coefficient (Wildman–Crippen LogP) is 4.72. The normalized spacial score (nSPS) is 28.7. The van der Waals surface area contributed by atoms with Crippen LogP contribution in [0.2, 0.25) is 0 Å². The molecule has 1 atom stereocenters. The van der Waals surface area contributed by atoms with Gasteiger partial charge in [0, 0.05) is 5.54 Å². The van der Waals surface area contributed by atoms with Gasteiger partial charge in [-0.2, -0.15) is 0 Å². The lowest BCUT2D eigenvalue weighted by Crippen LogP contribution is -2.42. The van der Waals surface area contributed by atoms with Crippen LogP contribution in [0.3, 0.4) is 0 Å². The zero-order valence-electron chi connectivity index (χ0n) is 12.3. The molecule has 1 heteroatoms. The highest BCUT2D eigenvalue weighted by Gasteiger charge is 2.34. The lowest BCUT2D eigenvalue weighted by Gasteiger charge is -2.38. The van der Waals surface area contributed by atoms with Gasteiger partial charge >= 0.3 is 0 Å². The Morgan fingerprint density at radius 3 is 2.68 bits per heavy atom. The Kier molecular flexibility index (Phi) is 3.93. The molecule has 104 valence electrons. The van der Waals surface area contributed by atoms with Crippen molar-refractivity contribution in [3.63, 3.8) is 0 Å². The zero-order chi connectivity index (χ0) is 13.1. The quantitative estimate of drug-likeness (QED) is 0.826. The summed E-state index contributed by atoms with van der Waals surface area (Å²) in [5.74, 6) is 0.838. The minimum absolute atomic E-state index is 0.253. The van der Waals surface area contributed by atoms with E-state index in [1.807, 2.05) is 0 Å². The molecule has 19 heavy (non-hydrogen) atoms.